The molecule has 0 fully saturated rings. The lowest BCUT2D eigenvalue weighted by Crippen LogP contribution is -2.22. The molecule has 1 aromatic heterocycles. The first-order valence-electron chi connectivity index (χ1n) is 6.34. The summed E-state index contributed by atoms with van der Waals surface area (Å²) in [4.78, 5) is 10.4. The molecule has 0 bridgehead atoms. The number of non-ortho nitro benzene ring substituents is 1. The van der Waals surface area contributed by atoms with Crippen LogP contribution in [0.3, 0.4) is 0 Å². The second-order valence-corrected chi connectivity index (χ2v) is 4.40. The largest absolute Gasteiger partial charge is 0.308 e. The summed E-state index contributed by atoms with van der Waals surface area (Å²) in [6, 6.07) is 6.49. The van der Waals surface area contributed by atoms with Gasteiger partial charge in [0.25, 0.3) is 5.69 Å². The van der Waals surface area contributed by atoms with E-state index in [-0.39, 0.29) is 11.7 Å². The molecule has 1 heterocycles. The van der Waals surface area contributed by atoms with E-state index in [4.69, 9.17) is 0 Å². The lowest BCUT2D eigenvalue weighted by Gasteiger charge is -2.11. The van der Waals surface area contributed by atoms with Crippen molar-refractivity contribution < 1.29 is 4.92 Å². The van der Waals surface area contributed by atoms with Crippen molar-refractivity contribution in [1.29, 1.82) is 0 Å². The van der Waals surface area contributed by atoms with Gasteiger partial charge in [-0.1, -0.05) is 19.1 Å². The Morgan fingerprint density at radius 3 is 3.00 bits per heavy atom. The Labute approximate surface area is 115 Å². The predicted molar refractivity (Wildman–Crippen MR) is 72.1 cm³/mol. The fraction of sp³-hybridized carbons (Fsp3) is 0.417. The summed E-state index contributed by atoms with van der Waals surface area (Å²) in [5.74, 6) is 0.707. The van der Waals surface area contributed by atoms with Crippen molar-refractivity contribution in [2.24, 2.45) is 0 Å². The van der Waals surface area contributed by atoms with E-state index in [1.165, 1.54) is 12.1 Å². The summed E-state index contributed by atoms with van der Waals surface area (Å²) in [7, 11) is 0. The van der Waals surface area contributed by atoms with Crippen molar-refractivity contribution in [3.05, 3.63) is 45.8 Å². The Balaban J connectivity index is 2.20. The second-order valence-electron chi connectivity index (χ2n) is 4.40. The highest BCUT2D eigenvalue weighted by Gasteiger charge is 2.14. The van der Waals surface area contributed by atoms with Gasteiger partial charge in [0.05, 0.1) is 17.5 Å². The summed E-state index contributed by atoms with van der Waals surface area (Å²) >= 11 is 0. The molecule has 0 aliphatic carbocycles. The third-order valence-electron chi connectivity index (χ3n) is 2.91. The molecule has 1 unspecified atom stereocenters. The van der Waals surface area contributed by atoms with E-state index in [1.54, 1.807) is 10.7 Å². The molecule has 1 aromatic carbocycles. The van der Waals surface area contributed by atoms with Crippen LogP contribution in [0, 0.1) is 10.1 Å². The number of aromatic nitrogens is 4. The average Bonchev–Trinajstić information content (AvgIpc) is 2.87. The van der Waals surface area contributed by atoms with E-state index < -0.39 is 4.92 Å². The standard InChI is InChI=1S/C12H16N6O2/c1-3-13-9(2)12-14-15-16-17(12)8-10-5-4-6-11(7-10)18(19)20/h4-7,9,13H,3,8H2,1-2H3. The minimum Gasteiger partial charge on any atom is -0.308 e. The first-order valence-corrected chi connectivity index (χ1v) is 6.34. The third-order valence-corrected chi connectivity index (χ3v) is 2.91. The molecule has 8 nitrogen and oxygen atoms in total. The fourth-order valence-electron chi connectivity index (χ4n) is 1.97. The normalized spacial score (nSPS) is 12.3. The quantitative estimate of drug-likeness (QED) is 0.630. The molecule has 0 saturated heterocycles. The Hall–Kier alpha value is -2.35. The van der Waals surface area contributed by atoms with E-state index >= 15 is 0 Å². The number of hydrogen-bond acceptors (Lipinski definition) is 6. The van der Waals surface area contributed by atoms with Crippen molar-refractivity contribution >= 4 is 5.69 Å². The maximum absolute atomic E-state index is 10.8. The molecule has 0 aliphatic rings. The first-order chi connectivity index (χ1) is 9.61. The fourth-order valence-corrected chi connectivity index (χ4v) is 1.97. The van der Waals surface area contributed by atoms with Gasteiger partial charge < -0.3 is 5.32 Å². The minimum absolute atomic E-state index is 0.0219. The van der Waals surface area contributed by atoms with Crippen LogP contribution in [0.5, 0.6) is 0 Å². The number of nitrogens with zero attached hydrogens (tertiary/aromatic N) is 5. The predicted octanol–water partition coefficient (Wildman–Crippen LogP) is 1.30. The summed E-state index contributed by atoms with van der Waals surface area (Å²) in [6.07, 6.45) is 0. The maximum atomic E-state index is 10.8. The first kappa shape index (κ1) is 14.1. The van der Waals surface area contributed by atoms with Crippen molar-refractivity contribution in [2.45, 2.75) is 26.4 Å². The third kappa shape index (κ3) is 3.15. The van der Waals surface area contributed by atoms with E-state index in [9.17, 15) is 10.1 Å². The van der Waals surface area contributed by atoms with E-state index in [1.807, 2.05) is 19.9 Å². The summed E-state index contributed by atoms with van der Waals surface area (Å²) in [5, 5.41) is 25.6. The molecular formula is C12H16N6O2. The topological polar surface area (TPSA) is 98.8 Å². The molecule has 2 rings (SSSR count). The van der Waals surface area contributed by atoms with E-state index in [0.717, 1.165) is 12.1 Å². The molecule has 0 aliphatic heterocycles. The Kier molecular flexibility index (Phi) is 4.36. The van der Waals surface area contributed by atoms with Crippen LogP contribution in [-0.4, -0.2) is 31.7 Å². The zero-order valence-corrected chi connectivity index (χ0v) is 11.4. The zero-order chi connectivity index (χ0) is 14.5. The van der Waals surface area contributed by atoms with Crippen LogP contribution >= 0.6 is 0 Å². The van der Waals surface area contributed by atoms with Gasteiger partial charge in [0.15, 0.2) is 5.82 Å². The number of tetrazole rings is 1. The van der Waals surface area contributed by atoms with Gasteiger partial charge in [0.2, 0.25) is 0 Å². The summed E-state index contributed by atoms with van der Waals surface area (Å²) < 4.78 is 1.65. The van der Waals surface area contributed by atoms with Gasteiger partial charge in [-0.25, -0.2) is 4.68 Å². The van der Waals surface area contributed by atoms with Crippen LogP contribution in [0.1, 0.15) is 31.3 Å². The van der Waals surface area contributed by atoms with Crippen molar-refractivity contribution in [3.8, 4) is 0 Å². The molecule has 20 heavy (non-hydrogen) atoms. The molecule has 0 amide bonds. The molecule has 1 N–H and O–H groups in total. The summed E-state index contributed by atoms with van der Waals surface area (Å²) in [6.45, 7) is 5.19. The van der Waals surface area contributed by atoms with Gasteiger partial charge in [-0.3, -0.25) is 10.1 Å². The highest BCUT2D eigenvalue weighted by Crippen LogP contribution is 2.15. The van der Waals surface area contributed by atoms with Gasteiger partial charge in [0.1, 0.15) is 0 Å². The Morgan fingerprint density at radius 2 is 2.30 bits per heavy atom. The van der Waals surface area contributed by atoms with Crippen LogP contribution in [0.25, 0.3) is 0 Å². The monoisotopic (exact) mass is 276 g/mol. The van der Waals surface area contributed by atoms with Crippen LogP contribution < -0.4 is 5.32 Å². The SMILES string of the molecule is CCNC(C)c1nnnn1Cc1cccc([N+](=O)[O-])c1. The van der Waals surface area contributed by atoms with Crippen molar-refractivity contribution in [2.75, 3.05) is 6.54 Å². The highest BCUT2D eigenvalue weighted by atomic mass is 16.6. The van der Waals surface area contributed by atoms with Gasteiger partial charge in [-0.2, -0.15) is 0 Å². The number of nitro benzene ring substituents is 1. The Morgan fingerprint density at radius 1 is 1.50 bits per heavy atom. The zero-order valence-electron chi connectivity index (χ0n) is 11.4. The molecule has 0 radical (unpaired) electrons. The minimum atomic E-state index is -0.411. The van der Waals surface area contributed by atoms with E-state index in [0.29, 0.717) is 12.4 Å². The Bertz CT molecular complexity index is 597. The van der Waals surface area contributed by atoms with E-state index in [2.05, 4.69) is 20.8 Å². The number of nitrogens with one attached hydrogen (secondary N) is 1. The van der Waals surface area contributed by atoms with Crippen LogP contribution in [0.15, 0.2) is 24.3 Å². The number of hydrogen-bond donors (Lipinski definition) is 1. The molecular weight excluding hydrogens is 260 g/mol. The summed E-state index contributed by atoms with van der Waals surface area (Å²) in [5.41, 5.74) is 0.855. The molecule has 2 aromatic rings. The lowest BCUT2D eigenvalue weighted by atomic mass is 10.2. The molecule has 0 saturated carbocycles. The van der Waals surface area contributed by atoms with Gasteiger partial charge in [-0.05, 0) is 29.5 Å². The number of nitro groups is 1. The van der Waals surface area contributed by atoms with Crippen LogP contribution in [0.2, 0.25) is 0 Å². The van der Waals surface area contributed by atoms with Gasteiger partial charge >= 0.3 is 0 Å². The second kappa shape index (κ2) is 6.20. The van der Waals surface area contributed by atoms with Crippen molar-refractivity contribution in [3.63, 3.8) is 0 Å². The molecule has 8 heteroatoms. The smallest absolute Gasteiger partial charge is 0.269 e. The van der Waals surface area contributed by atoms with Crippen LogP contribution in [0.4, 0.5) is 5.69 Å². The molecule has 1 atom stereocenters. The highest BCUT2D eigenvalue weighted by molar-refractivity contribution is 5.34. The maximum Gasteiger partial charge on any atom is 0.269 e. The van der Waals surface area contributed by atoms with Gasteiger partial charge in [0, 0.05) is 12.1 Å². The van der Waals surface area contributed by atoms with Gasteiger partial charge in [-0.15, -0.1) is 5.10 Å². The lowest BCUT2D eigenvalue weighted by molar-refractivity contribution is -0.384. The molecule has 106 valence electrons. The van der Waals surface area contributed by atoms with Crippen LogP contribution in [-0.2, 0) is 6.54 Å². The number of benzene rings is 1. The van der Waals surface area contributed by atoms with Crippen molar-refractivity contribution in [1.82, 2.24) is 25.5 Å². The average molecular weight is 276 g/mol. The number of rotatable bonds is 6. The molecule has 0 spiro atoms.